The summed E-state index contributed by atoms with van der Waals surface area (Å²) in [6.45, 7) is 4.31. The topological polar surface area (TPSA) is 40.2 Å². The van der Waals surface area contributed by atoms with Gasteiger partial charge in [-0.25, -0.2) is 0 Å². The highest BCUT2D eigenvalue weighted by atomic mass is 15.0. The normalized spacial score (nSPS) is 39.0. The molecule has 0 aromatic carbocycles. The van der Waals surface area contributed by atoms with E-state index in [4.69, 9.17) is 4.99 Å². The smallest absolute Gasteiger partial charge is 0.0826 e. The SMILES string of the molecule is CC1=NC(=CNC23CC4CC(CC(C4)C2)C3)C(C)=C1c1ccc[nH]1. The van der Waals surface area contributed by atoms with Crippen LogP contribution >= 0.6 is 0 Å². The van der Waals surface area contributed by atoms with Crippen molar-refractivity contribution in [2.24, 2.45) is 22.7 Å². The van der Waals surface area contributed by atoms with Crippen LogP contribution in [0.4, 0.5) is 0 Å². The lowest BCUT2D eigenvalue weighted by Crippen LogP contribution is -2.57. The molecule has 0 amide bonds. The number of allylic oxidation sites excluding steroid dienone is 2. The number of nitrogens with one attached hydrogen (secondary N) is 2. The number of nitrogens with zero attached hydrogens (tertiary/aromatic N) is 1. The van der Waals surface area contributed by atoms with Crippen LogP contribution in [0.3, 0.4) is 0 Å². The van der Waals surface area contributed by atoms with Gasteiger partial charge in [0.25, 0.3) is 0 Å². The van der Waals surface area contributed by atoms with Crippen molar-refractivity contribution in [1.82, 2.24) is 10.3 Å². The maximum absolute atomic E-state index is 4.85. The van der Waals surface area contributed by atoms with Crippen LogP contribution in [0.5, 0.6) is 0 Å². The van der Waals surface area contributed by atoms with Crippen LogP contribution in [0, 0.1) is 17.8 Å². The first kappa shape index (κ1) is 14.6. The molecule has 2 heterocycles. The van der Waals surface area contributed by atoms with Gasteiger partial charge in [0.2, 0.25) is 0 Å². The van der Waals surface area contributed by atoms with Gasteiger partial charge in [-0.3, -0.25) is 4.99 Å². The minimum absolute atomic E-state index is 0.362. The molecule has 3 heteroatoms. The second-order valence-corrected chi connectivity index (χ2v) is 8.65. The van der Waals surface area contributed by atoms with Crippen LogP contribution in [0.15, 0.2) is 40.8 Å². The van der Waals surface area contributed by atoms with Crippen LogP contribution < -0.4 is 5.32 Å². The summed E-state index contributed by atoms with van der Waals surface area (Å²) in [4.78, 5) is 8.17. The molecule has 2 N–H and O–H groups in total. The molecule has 4 aliphatic carbocycles. The molecule has 24 heavy (non-hydrogen) atoms. The Balaban J connectivity index is 1.42. The predicted molar refractivity (Wildman–Crippen MR) is 98.6 cm³/mol. The number of aromatic nitrogens is 1. The third-order valence-corrected chi connectivity index (χ3v) is 6.83. The van der Waals surface area contributed by atoms with Crippen LogP contribution in [0.25, 0.3) is 5.57 Å². The zero-order chi connectivity index (χ0) is 16.3. The third kappa shape index (κ3) is 2.21. The average molecular weight is 321 g/mol. The van der Waals surface area contributed by atoms with Gasteiger partial charge in [-0.05, 0) is 87.8 Å². The Kier molecular flexibility index (Phi) is 3.10. The quantitative estimate of drug-likeness (QED) is 0.835. The first-order valence-corrected chi connectivity index (χ1v) is 9.50. The second kappa shape index (κ2) is 5.11. The van der Waals surface area contributed by atoms with Gasteiger partial charge in [-0.1, -0.05) is 0 Å². The minimum Gasteiger partial charge on any atom is -0.384 e. The van der Waals surface area contributed by atoms with Gasteiger partial charge in [-0.2, -0.15) is 0 Å². The van der Waals surface area contributed by atoms with Crippen LogP contribution in [-0.2, 0) is 0 Å². The van der Waals surface area contributed by atoms with Crippen molar-refractivity contribution in [2.75, 3.05) is 0 Å². The Bertz CT molecular complexity index is 713. The van der Waals surface area contributed by atoms with Gasteiger partial charge in [0.05, 0.1) is 5.70 Å². The van der Waals surface area contributed by atoms with Gasteiger partial charge in [0.1, 0.15) is 0 Å². The van der Waals surface area contributed by atoms with E-state index in [1.54, 1.807) is 0 Å². The molecule has 1 aliphatic heterocycles. The highest BCUT2D eigenvalue weighted by Crippen LogP contribution is 2.55. The highest BCUT2D eigenvalue weighted by molar-refractivity contribution is 6.26. The van der Waals surface area contributed by atoms with E-state index >= 15 is 0 Å². The number of rotatable bonds is 3. The largest absolute Gasteiger partial charge is 0.384 e. The van der Waals surface area contributed by atoms with Crippen molar-refractivity contribution in [3.63, 3.8) is 0 Å². The molecule has 4 saturated carbocycles. The molecule has 0 radical (unpaired) electrons. The van der Waals surface area contributed by atoms with Crippen LogP contribution in [0.2, 0.25) is 0 Å². The average Bonchev–Trinajstić information content (AvgIpc) is 3.12. The summed E-state index contributed by atoms with van der Waals surface area (Å²) in [7, 11) is 0. The first-order valence-electron chi connectivity index (χ1n) is 9.50. The molecule has 0 unspecified atom stereocenters. The van der Waals surface area contributed by atoms with E-state index < -0.39 is 0 Å². The van der Waals surface area contributed by atoms with E-state index in [-0.39, 0.29) is 0 Å². The van der Waals surface area contributed by atoms with Crippen LogP contribution in [-0.4, -0.2) is 16.2 Å². The Labute approximate surface area is 144 Å². The Hall–Kier alpha value is -1.77. The van der Waals surface area contributed by atoms with E-state index in [9.17, 15) is 0 Å². The van der Waals surface area contributed by atoms with Crippen molar-refractivity contribution in [3.05, 3.63) is 41.5 Å². The molecule has 0 saturated heterocycles. The molecule has 0 atom stereocenters. The summed E-state index contributed by atoms with van der Waals surface area (Å²) in [6, 6.07) is 4.19. The van der Waals surface area contributed by atoms with Crippen molar-refractivity contribution in [3.8, 4) is 0 Å². The van der Waals surface area contributed by atoms with Gasteiger partial charge in [0, 0.05) is 34.9 Å². The highest BCUT2D eigenvalue weighted by Gasteiger charge is 2.50. The second-order valence-electron chi connectivity index (χ2n) is 8.65. The fourth-order valence-corrected chi connectivity index (χ4v) is 6.25. The molecule has 126 valence electrons. The lowest BCUT2D eigenvalue weighted by molar-refractivity contribution is -0.0130. The number of aromatic amines is 1. The van der Waals surface area contributed by atoms with E-state index in [0.717, 1.165) is 29.2 Å². The summed E-state index contributed by atoms with van der Waals surface area (Å²) >= 11 is 0. The molecule has 4 fully saturated rings. The fourth-order valence-electron chi connectivity index (χ4n) is 6.25. The van der Waals surface area contributed by atoms with E-state index in [0.29, 0.717) is 5.54 Å². The number of H-pyrrole nitrogens is 1. The summed E-state index contributed by atoms with van der Waals surface area (Å²) < 4.78 is 0. The Morgan fingerprint density at radius 1 is 1.12 bits per heavy atom. The monoisotopic (exact) mass is 321 g/mol. The predicted octanol–water partition coefficient (Wildman–Crippen LogP) is 4.66. The summed E-state index contributed by atoms with van der Waals surface area (Å²) in [5, 5.41) is 3.87. The molecule has 0 spiro atoms. The van der Waals surface area contributed by atoms with Gasteiger partial charge in [-0.15, -0.1) is 0 Å². The molecular weight excluding hydrogens is 294 g/mol. The van der Waals surface area contributed by atoms with E-state index in [2.05, 4.69) is 42.5 Å². The van der Waals surface area contributed by atoms with Crippen molar-refractivity contribution >= 4 is 11.3 Å². The molecule has 4 bridgehead atoms. The van der Waals surface area contributed by atoms with E-state index in [1.807, 2.05) is 6.20 Å². The van der Waals surface area contributed by atoms with Crippen molar-refractivity contribution in [2.45, 2.75) is 57.9 Å². The minimum atomic E-state index is 0.362. The zero-order valence-electron chi connectivity index (χ0n) is 14.7. The molecule has 5 aliphatic rings. The molecular formula is C21H27N3. The fraction of sp³-hybridized carbons (Fsp3) is 0.571. The molecule has 1 aromatic heterocycles. The van der Waals surface area contributed by atoms with Gasteiger partial charge in [0.15, 0.2) is 0 Å². The summed E-state index contributed by atoms with van der Waals surface area (Å²) in [5.74, 6) is 2.92. The van der Waals surface area contributed by atoms with Crippen molar-refractivity contribution < 1.29 is 0 Å². The zero-order valence-corrected chi connectivity index (χ0v) is 14.7. The first-order chi connectivity index (χ1) is 11.6. The third-order valence-electron chi connectivity index (χ3n) is 6.83. The lowest BCUT2D eigenvalue weighted by atomic mass is 9.53. The number of hydrogen-bond donors (Lipinski definition) is 2. The number of hydrogen-bond acceptors (Lipinski definition) is 2. The Morgan fingerprint density at radius 3 is 2.38 bits per heavy atom. The molecule has 1 aromatic rings. The molecule has 3 nitrogen and oxygen atoms in total. The Morgan fingerprint density at radius 2 is 1.79 bits per heavy atom. The van der Waals surface area contributed by atoms with Gasteiger partial charge < -0.3 is 10.3 Å². The lowest BCUT2D eigenvalue weighted by Gasteiger charge is -2.57. The maximum atomic E-state index is 4.85. The summed E-state index contributed by atoms with van der Waals surface area (Å²) in [6.07, 6.45) is 12.8. The van der Waals surface area contributed by atoms with Gasteiger partial charge >= 0.3 is 0 Å². The summed E-state index contributed by atoms with van der Waals surface area (Å²) in [5.41, 5.74) is 6.32. The van der Waals surface area contributed by atoms with Crippen LogP contribution in [0.1, 0.15) is 58.1 Å². The van der Waals surface area contributed by atoms with E-state index in [1.165, 1.54) is 55.4 Å². The maximum Gasteiger partial charge on any atom is 0.0826 e. The standard InChI is InChI=1S/C21H27N3/c1-13-19(24-14(2)20(13)18-4-3-5-22-18)12-23-21-9-15-6-16(10-21)8-17(7-15)11-21/h3-5,12,15-17,22-23H,6-11H2,1-2H3. The van der Waals surface area contributed by atoms with Crippen molar-refractivity contribution in [1.29, 1.82) is 0 Å². The number of aliphatic imine (C=N–C) groups is 1. The molecule has 6 rings (SSSR count).